The number of nitrogens with one attached hydrogen (secondary N) is 2. The van der Waals surface area contributed by atoms with Crippen molar-refractivity contribution in [1.29, 1.82) is 0 Å². The summed E-state index contributed by atoms with van der Waals surface area (Å²) in [4.78, 5) is 35.4. The van der Waals surface area contributed by atoms with Gasteiger partial charge in [0.05, 0.1) is 12.2 Å². The Morgan fingerprint density at radius 2 is 1.96 bits per heavy atom. The molecule has 0 aromatic carbocycles. The first-order chi connectivity index (χ1) is 10.9. The van der Waals surface area contributed by atoms with Crippen LogP contribution in [0, 0.1) is 6.92 Å². The van der Waals surface area contributed by atoms with E-state index in [9.17, 15) is 14.4 Å². The number of aliphatic carboxylic acids is 1. The van der Waals surface area contributed by atoms with Crippen molar-refractivity contribution in [3.63, 3.8) is 0 Å². The Labute approximate surface area is 139 Å². The molecule has 8 heteroatoms. The predicted octanol–water partition coefficient (Wildman–Crippen LogP) is 2.78. The first-order valence-corrected chi connectivity index (χ1v) is 8.28. The second kappa shape index (κ2) is 9.14. The van der Waals surface area contributed by atoms with Crippen LogP contribution < -0.4 is 10.6 Å². The molecule has 0 saturated carbocycles. The number of rotatable bonds is 8. The lowest BCUT2D eigenvalue weighted by Gasteiger charge is -2.09. The van der Waals surface area contributed by atoms with Crippen molar-refractivity contribution in [2.75, 3.05) is 18.5 Å². The molecule has 1 heterocycles. The lowest BCUT2D eigenvalue weighted by Crippen LogP contribution is -2.30. The largest absolute Gasteiger partial charge is 0.481 e. The molecule has 1 rings (SSSR count). The van der Waals surface area contributed by atoms with Crippen molar-refractivity contribution in [3.05, 3.63) is 16.0 Å². The molecule has 1 aromatic rings. The second-order valence-corrected chi connectivity index (χ2v) is 6.02. The molecule has 7 nitrogen and oxygen atoms in total. The van der Waals surface area contributed by atoms with Crippen LogP contribution in [0.2, 0.25) is 0 Å². The van der Waals surface area contributed by atoms with E-state index in [1.165, 1.54) is 11.3 Å². The average molecular weight is 342 g/mol. The molecule has 23 heavy (non-hydrogen) atoms. The predicted molar refractivity (Wildman–Crippen MR) is 88.3 cm³/mol. The van der Waals surface area contributed by atoms with Crippen LogP contribution in [0.4, 0.5) is 9.80 Å². The summed E-state index contributed by atoms with van der Waals surface area (Å²) in [6.45, 7) is 6.07. The third kappa shape index (κ3) is 5.55. The fourth-order valence-corrected chi connectivity index (χ4v) is 3.23. The summed E-state index contributed by atoms with van der Waals surface area (Å²) in [6.07, 6.45) is 1.00. The number of carbonyl (C=O) groups excluding carboxylic acids is 2. The van der Waals surface area contributed by atoms with Crippen LogP contribution in [0.1, 0.15) is 47.5 Å². The molecule has 0 saturated heterocycles. The van der Waals surface area contributed by atoms with Crippen LogP contribution in [0.5, 0.6) is 0 Å². The number of urea groups is 1. The molecular formula is C15H22N2O5S. The number of hydrogen-bond donors (Lipinski definition) is 3. The second-order valence-electron chi connectivity index (χ2n) is 4.79. The lowest BCUT2D eigenvalue weighted by atomic mass is 10.1. The lowest BCUT2D eigenvalue weighted by molar-refractivity contribution is -0.137. The summed E-state index contributed by atoms with van der Waals surface area (Å²) in [7, 11) is 0. The average Bonchev–Trinajstić information content (AvgIpc) is 2.79. The van der Waals surface area contributed by atoms with Gasteiger partial charge in [0.1, 0.15) is 5.00 Å². The maximum atomic E-state index is 12.1. The molecule has 0 aliphatic rings. The highest BCUT2D eigenvalue weighted by Crippen LogP contribution is 2.34. The minimum absolute atomic E-state index is 0.00749. The smallest absolute Gasteiger partial charge is 0.341 e. The van der Waals surface area contributed by atoms with Crippen molar-refractivity contribution in [3.8, 4) is 0 Å². The van der Waals surface area contributed by atoms with E-state index in [-0.39, 0.29) is 19.6 Å². The fourth-order valence-electron chi connectivity index (χ4n) is 2.10. The van der Waals surface area contributed by atoms with Crippen LogP contribution in [0.25, 0.3) is 0 Å². The number of aryl methyl sites for hydroxylation is 1. The van der Waals surface area contributed by atoms with E-state index in [1.54, 1.807) is 6.92 Å². The van der Waals surface area contributed by atoms with E-state index in [0.29, 0.717) is 23.4 Å². The van der Waals surface area contributed by atoms with Gasteiger partial charge in [-0.25, -0.2) is 9.59 Å². The first kappa shape index (κ1) is 19.0. The number of esters is 1. The quantitative estimate of drug-likeness (QED) is 0.498. The van der Waals surface area contributed by atoms with Crippen molar-refractivity contribution in [2.24, 2.45) is 0 Å². The van der Waals surface area contributed by atoms with Crippen LogP contribution >= 0.6 is 11.3 Å². The Kier molecular flexibility index (Phi) is 7.53. The molecule has 3 N–H and O–H groups in total. The monoisotopic (exact) mass is 342 g/mol. The summed E-state index contributed by atoms with van der Waals surface area (Å²) >= 11 is 1.33. The minimum atomic E-state index is -0.904. The van der Waals surface area contributed by atoms with Gasteiger partial charge in [-0.15, -0.1) is 11.3 Å². The zero-order valence-corrected chi connectivity index (χ0v) is 14.3. The number of carbonyl (C=O) groups is 3. The van der Waals surface area contributed by atoms with Crippen LogP contribution in [-0.2, 0) is 16.0 Å². The van der Waals surface area contributed by atoms with Gasteiger partial charge in [-0.05, 0) is 32.3 Å². The van der Waals surface area contributed by atoms with Gasteiger partial charge >= 0.3 is 18.0 Å². The molecular weight excluding hydrogens is 320 g/mol. The highest BCUT2D eigenvalue weighted by Gasteiger charge is 2.23. The van der Waals surface area contributed by atoms with E-state index < -0.39 is 18.0 Å². The van der Waals surface area contributed by atoms with E-state index in [2.05, 4.69) is 10.6 Å². The molecule has 2 amide bonds. The van der Waals surface area contributed by atoms with E-state index in [0.717, 1.165) is 10.4 Å². The number of amides is 2. The third-order valence-electron chi connectivity index (χ3n) is 3.12. The van der Waals surface area contributed by atoms with Gasteiger partial charge in [0, 0.05) is 17.8 Å². The Bertz CT molecular complexity index is 583. The van der Waals surface area contributed by atoms with Crippen molar-refractivity contribution in [1.82, 2.24) is 5.32 Å². The summed E-state index contributed by atoms with van der Waals surface area (Å²) in [5, 5.41) is 14.2. The number of hydrogen-bond acceptors (Lipinski definition) is 5. The van der Waals surface area contributed by atoms with Crippen LogP contribution in [0.15, 0.2) is 0 Å². The standard InChI is InChI=1S/C15H22N2O5S/c1-4-10-9(3)23-13(12(10)14(20)22-5-2)17-15(21)16-8-6-7-11(18)19/h4-8H2,1-3H3,(H,18,19)(H2,16,17,21). The highest BCUT2D eigenvalue weighted by atomic mass is 32.1. The topological polar surface area (TPSA) is 105 Å². The van der Waals surface area contributed by atoms with Gasteiger partial charge in [-0.1, -0.05) is 6.92 Å². The summed E-state index contributed by atoms with van der Waals surface area (Å²) < 4.78 is 5.06. The van der Waals surface area contributed by atoms with Gasteiger partial charge in [-0.3, -0.25) is 10.1 Å². The Balaban J connectivity index is 2.77. The number of ether oxygens (including phenoxy) is 1. The van der Waals surface area contributed by atoms with Crippen LogP contribution in [0.3, 0.4) is 0 Å². The van der Waals surface area contributed by atoms with Crippen molar-refractivity contribution < 1.29 is 24.2 Å². The van der Waals surface area contributed by atoms with Gasteiger partial charge in [-0.2, -0.15) is 0 Å². The highest BCUT2D eigenvalue weighted by molar-refractivity contribution is 7.16. The van der Waals surface area contributed by atoms with Crippen molar-refractivity contribution in [2.45, 2.75) is 40.0 Å². The molecule has 0 spiro atoms. The summed E-state index contributed by atoms with van der Waals surface area (Å²) in [5.74, 6) is -1.35. The molecule has 0 bridgehead atoms. The summed E-state index contributed by atoms with van der Waals surface area (Å²) in [6, 6.07) is -0.468. The third-order valence-corrected chi connectivity index (χ3v) is 4.19. The van der Waals surface area contributed by atoms with E-state index in [1.807, 2.05) is 13.8 Å². The Morgan fingerprint density at radius 3 is 2.52 bits per heavy atom. The first-order valence-electron chi connectivity index (χ1n) is 7.46. The molecule has 0 atom stereocenters. The molecule has 0 unspecified atom stereocenters. The van der Waals surface area contributed by atoms with Crippen LogP contribution in [-0.4, -0.2) is 36.2 Å². The zero-order valence-electron chi connectivity index (χ0n) is 13.5. The fraction of sp³-hybridized carbons (Fsp3) is 0.533. The van der Waals surface area contributed by atoms with Gasteiger partial charge in [0.25, 0.3) is 0 Å². The molecule has 0 radical (unpaired) electrons. The number of carboxylic acids is 1. The van der Waals surface area contributed by atoms with Gasteiger partial charge in [0.15, 0.2) is 0 Å². The molecule has 0 fully saturated rings. The number of anilines is 1. The number of thiophene rings is 1. The van der Waals surface area contributed by atoms with E-state index >= 15 is 0 Å². The maximum absolute atomic E-state index is 12.1. The zero-order chi connectivity index (χ0) is 17.4. The number of carboxylic acid groups (broad SMARTS) is 1. The normalized spacial score (nSPS) is 10.2. The molecule has 0 aliphatic carbocycles. The summed E-state index contributed by atoms with van der Waals surface area (Å²) in [5.41, 5.74) is 1.27. The maximum Gasteiger partial charge on any atom is 0.341 e. The van der Waals surface area contributed by atoms with Crippen molar-refractivity contribution >= 4 is 34.3 Å². The minimum Gasteiger partial charge on any atom is -0.481 e. The van der Waals surface area contributed by atoms with E-state index in [4.69, 9.17) is 9.84 Å². The Hall–Kier alpha value is -2.09. The molecule has 128 valence electrons. The van der Waals surface area contributed by atoms with Gasteiger partial charge < -0.3 is 15.2 Å². The van der Waals surface area contributed by atoms with Gasteiger partial charge in [0.2, 0.25) is 0 Å². The molecule has 1 aromatic heterocycles. The Morgan fingerprint density at radius 1 is 1.26 bits per heavy atom. The molecule has 0 aliphatic heterocycles. The SMILES string of the molecule is CCOC(=O)c1c(NC(=O)NCCCC(=O)O)sc(C)c1CC.